The number of aryl methyl sites for hydroxylation is 2. The molecule has 0 spiro atoms. The number of amidine groups is 1. The number of amides is 2. The molecule has 1 saturated heterocycles. The topological polar surface area (TPSA) is 56.2 Å². The Kier molecular flexibility index (Phi) is 2.40. The van der Waals surface area contributed by atoms with Crippen LogP contribution in [0, 0.1) is 19.3 Å². The maximum atomic E-state index is 11.9. The summed E-state index contributed by atoms with van der Waals surface area (Å²) in [6.07, 6.45) is 2.12. The van der Waals surface area contributed by atoms with Crippen LogP contribution in [0.1, 0.15) is 35.6 Å². The second kappa shape index (κ2) is 3.83. The Balaban J connectivity index is 2.00. The Hall–Kier alpha value is -1.84. The van der Waals surface area contributed by atoms with E-state index < -0.39 is 0 Å². The number of carbonyl (C=O) groups is 1. The first kappa shape index (κ1) is 11.3. The summed E-state index contributed by atoms with van der Waals surface area (Å²) in [6, 6.07) is 6.15. The second-order valence-electron chi connectivity index (χ2n) is 5.23. The lowest BCUT2D eigenvalue weighted by atomic mass is 10.00. The molecule has 94 valence electrons. The van der Waals surface area contributed by atoms with E-state index in [2.05, 4.69) is 31.3 Å². The van der Waals surface area contributed by atoms with Crippen molar-refractivity contribution < 1.29 is 4.79 Å². The summed E-state index contributed by atoms with van der Waals surface area (Å²) in [7, 11) is 0. The molecular formula is C14H17N3O. The molecule has 4 heteroatoms. The number of hydrogen-bond donors (Lipinski definition) is 2. The highest BCUT2D eigenvalue weighted by molar-refractivity contribution is 6.06. The molecule has 2 amide bonds. The van der Waals surface area contributed by atoms with Gasteiger partial charge in [-0.25, -0.2) is 4.79 Å². The Bertz CT molecular complexity index is 534. The molecule has 0 aromatic heterocycles. The average molecular weight is 243 g/mol. The average Bonchev–Trinajstić information content (AvgIpc) is 3.09. The van der Waals surface area contributed by atoms with Gasteiger partial charge in [0, 0.05) is 6.04 Å². The maximum Gasteiger partial charge on any atom is 0.323 e. The normalized spacial score (nSPS) is 23.4. The first-order chi connectivity index (χ1) is 8.58. The lowest BCUT2D eigenvalue weighted by molar-refractivity contribution is 0.202. The van der Waals surface area contributed by atoms with Crippen molar-refractivity contribution in [1.82, 2.24) is 10.2 Å². The summed E-state index contributed by atoms with van der Waals surface area (Å²) in [6.45, 7) is 4.13. The number of benzene rings is 1. The van der Waals surface area contributed by atoms with E-state index in [9.17, 15) is 4.79 Å². The van der Waals surface area contributed by atoms with Crippen LogP contribution in [-0.4, -0.2) is 22.8 Å². The van der Waals surface area contributed by atoms with Crippen LogP contribution < -0.4 is 5.32 Å². The van der Waals surface area contributed by atoms with Gasteiger partial charge in [0.2, 0.25) is 0 Å². The predicted molar refractivity (Wildman–Crippen MR) is 69.8 cm³/mol. The lowest BCUT2D eigenvalue weighted by Gasteiger charge is -2.23. The van der Waals surface area contributed by atoms with Crippen molar-refractivity contribution in [3.8, 4) is 0 Å². The summed E-state index contributed by atoms with van der Waals surface area (Å²) >= 11 is 0. The highest BCUT2D eigenvalue weighted by Crippen LogP contribution is 2.37. The van der Waals surface area contributed by atoms with Crippen LogP contribution >= 0.6 is 0 Å². The van der Waals surface area contributed by atoms with Crippen molar-refractivity contribution in [2.45, 2.75) is 38.8 Å². The third-order valence-electron chi connectivity index (χ3n) is 3.81. The molecule has 1 aliphatic heterocycles. The standard InChI is InChI=1S/C14H17N3O/c1-8-3-4-10(7-9(8)2)12-13(15)16-14(18)17(12)11-5-6-11/h3-4,7,11-12H,5-6H2,1-2H3,(H2,15,16,18). The second-order valence-corrected chi connectivity index (χ2v) is 5.23. The van der Waals surface area contributed by atoms with Gasteiger partial charge in [-0.1, -0.05) is 18.2 Å². The Morgan fingerprint density at radius 2 is 2.00 bits per heavy atom. The fraction of sp³-hybridized carbons (Fsp3) is 0.429. The summed E-state index contributed by atoms with van der Waals surface area (Å²) in [5.74, 6) is 0.301. The predicted octanol–water partition coefficient (Wildman–Crippen LogP) is 2.51. The van der Waals surface area contributed by atoms with Gasteiger partial charge < -0.3 is 4.90 Å². The molecule has 4 nitrogen and oxygen atoms in total. The minimum absolute atomic E-state index is 0.120. The zero-order valence-electron chi connectivity index (χ0n) is 10.7. The van der Waals surface area contributed by atoms with Crippen molar-refractivity contribution in [2.75, 3.05) is 0 Å². The maximum absolute atomic E-state index is 11.9. The van der Waals surface area contributed by atoms with E-state index in [1.807, 2.05) is 11.0 Å². The molecule has 3 rings (SSSR count). The smallest absolute Gasteiger partial charge is 0.307 e. The highest BCUT2D eigenvalue weighted by Gasteiger charge is 2.45. The van der Waals surface area contributed by atoms with Gasteiger partial charge in [0.1, 0.15) is 11.9 Å². The molecule has 1 atom stereocenters. The number of rotatable bonds is 2. The number of carbonyl (C=O) groups excluding carboxylic acids is 1. The fourth-order valence-electron chi connectivity index (χ4n) is 2.50. The van der Waals surface area contributed by atoms with E-state index in [4.69, 9.17) is 5.41 Å². The molecule has 2 aliphatic rings. The number of urea groups is 1. The van der Waals surface area contributed by atoms with Gasteiger partial charge in [-0.15, -0.1) is 0 Å². The Labute approximate surface area is 106 Å². The quantitative estimate of drug-likeness (QED) is 0.823. The van der Waals surface area contributed by atoms with Crippen LogP contribution in [0.5, 0.6) is 0 Å². The van der Waals surface area contributed by atoms with Crippen LogP contribution in [-0.2, 0) is 0 Å². The van der Waals surface area contributed by atoms with Gasteiger partial charge in [-0.2, -0.15) is 0 Å². The first-order valence-electron chi connectivity index (χ1n) is 6.33. The summed E-state index contributed by atoms with van der Waals surface area (Å²) in [5.41, 5.74) is 3.48. The molecule has 1 unspecified atom stereocenters. The third-order valence-corrected chi connectivity index (χ3v) is 3.81. The summed E-state index contributed by atoms with van der Waals surface area (Å²) in [4.78, 5) is 13.7. The zero-order chi connectivity index (χ0) is 12.9. The molecule has 1 aliphatic carbocycles. The molecule has 18 heavy (non-hydrogen) atoms. The molecule has 2 N–H and O–H groups in total. The summed E-state index contributed by atoms with van der Waals surface area (Å²) < 4.78 is 0. The van der Waals surface area contributed by atoms with Gasteiger partial charge in [-0.3, -0.25) is 10.7 Å². The minimum atomic E-state index is -0.218. The van der Waals surface area contributed by atoms with Crippen molar-refractivity contribution >= 4 is 11.9 Å². The van der Waals surface area contributed by atoms with Crippen LogP contribution in [0.25, 0.3) is 0 Å². The van der Waals surface area contributed by atoms with Crippen molar-refractivity contribution in [3.63, 3.8) is 0 Å². The highest BCUT2D eigenvalue weighted by atomic mass is 16.2. The van der Waals surface area contributed by atoms with Crippen LogP contribution in [0.3, 0.4) is 0 Å². The first-order valence-corrected chi connectivity index (χ1v) is 6.33. The van der Waals surface area contributed by atoms with Crippen molar-refractivity contribution in [1.29, 1.82) is 5.41 Å². The van der Waals surface area contributed by atoms with E-state index in [0.29, 0.717) is 11.9 Å². The summed E-state index contributed by atoms with van der Waals surface area (Å²) in [5, 5.41) is 10.6. The van der Waals surface area contributed by atoms with Gasteiger partial charge in [0.25, 0.3) is 0 Å². The zero-order valence-corrected chi connectivity index (χ0v) is 10.7. The van der Waals surface area contributed by atoms with Crippen LogP contribution in [0.15, 0.2) is 18.2 Å². The Morgan fingerprint density at radius 3 is 2.61 bits per heavy atom. The minimum Gasteiger partial charge on any atom is -0.307 e. The fourth-order valence-corrected chi connectivity index (χ4v) is 2.50. The largest absolute Gasteiger partial charge is 0.323 e. The SMILES string of the molecule is Cc1ccc(C2C(=N)NC(=O)N2C2CC2)cc1C. The van der Waals surface area contributed by atoms with E-state index in [1.165, 1.54) is 11.1 Å². The number of nitrogens with one attached hydrogen (secondary N) is 2. The van der Waals surface area contributed by atoms with Gasteiger partial charge in [0.15, 0.2) is 0 Å². The van der Waals surface area contributed by atoms with Gasteiger partial charge in [0.05, 0.1) is 0 Å². The molecule has 1 heterocycles. The molecular weight excluding hydrogens is 226 g/mol. The van der Waals surface area contributed by atoms with Crippen LogP contribution in [0.2, 0.25) is 0 Å². The molecule has 1 saturated carbocycles. The number of nitrogens with zero attached hydrogens (tertiary/aromatic N) is 1. The number of hydrogen-bond acceptors (Lipinski definition) is 2. The molecule has 0 bridgehead atoms. The van der Waals surface area contributed by atoms with Crippen molar-refractivity contribution in [2.24, 2.45) is 0 Å². The molecule has 1 aromatic carbocycles. The third kappa shape index (κ3) is 1.68. The lowest BCUT2D eigenvalue weighted by Crippen LogP contribution is -2.31. The van der Waals surface area contributed by atoms with E-state index in [1.54, 1.807) is 0 Å². The molecule has 1 aromatic rings. The monoisotopic (exact) mass is 243 g/mol. The van der Waals surface area contributed by atoms with E-state index >= 15 is 0 Å². The van der Waals surface area contributed by atoms with Crippen molar-refractivity contribution in [3.05, 3.63) is 34.9 Å². The van der Waals surface area contributed by atoms with Gasteiger partial charge >= 0.3 is 6.03 Å². The van der Waals surface area contributed by atoms with Gasteiger partial charge in [-0.05, 0) is 43.4 Å². The molecule has 0 radical (unpaired) electrons. The van der Waals surface area contributed by atoms with E-state index in [-0.39, 0.29) is 12.1 Å². The van der Waals surface area contributed by atoms with E-state index in [0.717, 1.165) is 18.4 Å². The molecule has 2 fully saturated rings. The Morgan fingerprint density at radius 1 is 1.28 bits per heavy atom. The van der Waals surface area contributed by atoms with Crippen LogP contribution in [0.4, 0.5) is 4.79 Å².